The van der Waals surface area contributed by atoms with Gasteiger partial charge in [-0.2, -0.15) is 0 Å². The Morgan fingerprint density at radius 3 is 3.00 bits per heavy atom. The van der Waals surface area contributed by atoms with Crippen molar-refractivity contribution in [3.63, 3.8) is 0 Å². The molecule has 2 heterocycles. The maximum absolute atomic E-state index is 12.3. The van der Waals surface area contributed by atoms with Gasteiger partial charge in [-0.25, -0.2) is 0 Å². The van der Waals surface area contributed by atoms with Crippen molar-refractivity contribution in [3.05, 3.63) is 35.4 Å². The van der Waals surface area contributed by atoms with E-state index in [1.54, 1.807) is 0 Å². The van der Waals surface area contributed by atoms with E-state index < -0.39 is 6.10 Å². The molecule has 0 aromatic heterocycles. The number of carbonyl (C=O) groups is 1. The van der Waals surface area contributed by atoms with Crippen molar-refractivity contribution in [2.45, 2.75) is 51.4 Å². The smallest absolute Gasteiger partial charge is 0.223 e. The Balaban J connectivity index is 1.41. The van der Waals surface area contributed by atoms with Crippen molar-refractivity contribution in [1.29, 1.82) is 0 Å². The van der Waals surface area contributed by atoms with Crippen LogP contribution < -0.4 is 5.32 Å². The molecule has 25 heavy (non-hydrogen) atoms. The molecule has 0 aliphatic carbocycles. The largest absolute Gasteiger partial charge is 0.390 e. The van der Waals surface area contributed by atoms with Crippen LogP contribution >= 0.6 is 0 Å². The van der Waals surface area contributed by atoms with Gasteiger partial charge < -0.3 is 15.2 Å². The zero-order valence-electron chi connectivity index (χ0n) is 15.1. The van der Waals surface area contributed by atoms with E-state index >= 15 is 0 Å². The molecule has 1 aromatic carbocycles. The van der Waals surface area contributed by atoms with Crippen LogP contribution in [-0.2, 0) is 22.5 Å². The maximum Gasteiger partial charge on any atom is 0.223 e. The fourth-order valence-electron chi connectivity index (χ4n) is 3.84. The van der Waals surface area contributed by atoms with Crippen molar-refractivity contribution in [3.8, 4) is 0 Å². The number of fused-ring (bicyclic) bond motifs is 1. The summed E-state index contributed by atoms with van der Waals surface area (Å²) < 4.78 is 5.63. The molecule has 1 fully saturated rings. The van der Waals surface area contributed by atoms with Crippen LogP contribution in [0.5, 0.6) is 0 Å². The molecular formula is C20H30N2O3. The van der Waals surface area contributed by atoms with Crippen LogP contribution in [0.4, 0.5) is 0 Å². The van der Waals surface area contributed by atoms with E-state index in [-0.39, 0.29) is 17.9 Å². The van der Waals surface area contributed by atoms with E-state index in [2.05, 4.69) is 41.4 Å². The minimum absolute atomic E-state index is 0.0211. The van der Waals surface area contributed by atoms with Crippen LogP contribution in [0.15, 0.2) is 24.3 Å². The number of hydrogen-bond donors (Lipinski definition) is 2. The summed E-state index contributed by atoms with van der Waals surface area (Å²) in [5, 5.41) is 13.2. The normalized spacial score (nSPS) is 25.2. The molecule has 3 atom stereocenters. The molecule has 2 N–H and O–H groups in total. The molecule has 3 rings (SSSR count). The summed E-state index contributed by atoms with van der Waals surface area (Å²) >= 11 is 0. The number of ether oxygens (including phenoxy) is 1. The number of nitrogens with zero attached hydrogens (tertiary/aromatic N) is 1. The predicted molar refractivity (Wildman–Crippen MR) is 97.2 cm³/mol. The molecule has 5 nitrogen and oxygen atoms in total. The number of amides is 1. The lowest BCUT2D eigenvalue weighted by Gasteiger charge is -2.31. The summed E-state index contributed by atoms with van der Waals surface area (Å²) in [4.78, 5) is 14.6. The maximum atomic E-state index is 12.3. The van der Waals surface area contributed by atoms with Crippen LogP contribution in [-0.4, -0.2) is 54.4 Å². The SMILES string of the molecule is CC[C@@H]1C[C@H](C(=O)NC[C@@H](O)CN2CCc3ccccc3C2)CCO1. The fourth-order valence-corrected chi connectivity index (χ4v) is 3.84. The van der Waals surface area contributed by atoms with Crippen molar-refractivity contribution in [2.75, 3.05) is 26.2 Å². The summed E-state index contributed by atoms with van der Waals surface area (Å²) in [6, 6.07) is 8.49. The Bertz CT molecular complexity index is 578. The van der Waals surface area contributed by atoms with Gasteiger partial charge in [0.2, 0.25) is 5.91 Å². The third-order valence-electron chi connectivity index (χ3n) is 5.38. The summed E-state index contributed by atoms with van der Waals surface area (Å²) in [5.41, 5.74) is 2.75. The van der Waals surface area contributed by atoms with Crippen LogP contribution in [0, 0.1) is 5.92 Å². The van der Waals surface area contributed by atoms with E-state index in [0.717, 1.165) is 38.8 Å². The minimum atomic E-state index is -0.531. The van der Waals surface area contributed by atoms with Crippen molar-refractivity contribution < 1.29 is 14.6 Å². The topological polar surface area (TPSA) is 61.8 Å². The molecule has 0 bridgehead atoms. The lowest BCUT2D eigenvalue weighted by molar-refractivity contribution is -0.130. The number of aliphatic hydroxyl groups excluding tert-OH is 1. The lowest BCUT2D eigenvalue weighted by atomic mass is 9.93. The van der Waals surface area contributed by atoms with E-state index in [1.165, 1.54) is 11.1 Å². The summed E-state index contributed by atoms with van der Waals surface area (Å²) in [6.45, 7) is 5.50. The highest BCUT2D eigenvalue weighted by Gasteiger charge is 2.27. The monoisotopic (exact) mass is 346 g/mol. The minimum Gasteiger partial charge on any atom is -0.390 e. The molecule has 2 aliphatic heterocycles. The van der Waals surface area contributed by atoms with Crippen LogP contribution in [0.3, 0.4) is 0 Å². The Morgan fingerprint density at radius 1 is 1.40 bits per heavy atom. The number of hydrogen-bond acceptors (Lipinski definition) is 4. The second-order valence-electron chi connectivity index (χ2n) is 7.28. The Hall–Kier alpha value is -1.43. The Labute approximate surface area is 150 Å². The fraction of sp³-hybridized carbons (Fsp3) is 0.650. The van der Waals surface area contributed by atoms with E-state index in [4.69, 9.17) is 4.74 Å². The van der Waals surface area contributed by atoms with Gasteiger partial charge in [-0.05, 0) is 36.8 Å². The van der Waals surface area contributed by atoms with Gasteiger partial charge in [-0.3, -0.25) is 9.69 Å². The molecule has 5 heteroatoms. The molecule has 2 aliphatic rings. The molecule has 138 valence electrons. The van der Waals surface area contributed by atoms with Crippen LogP contribution in [0.1, 0.15) is 37.3 Å². The number of nitrogens with one attached hydrogen (secondary N) is 1. The number of benzene rings is 1. The Morgan fingerprint density at radius 2 is 2.20 bits per heavy atom. The average molecular weight is 346 g/mol. The molecule has 1 amide bonds. The average Bonchev–Trinajstić information content (AvgIpc) is 2.66. The third kappa shape index (κ3) is 5.03. The highest BCUT2D eigenvalue weighted by Crippen LogP contribution is 2.22. The second-order valence-corrected chi connectivity index (χ2v) is 7.28. The number of β-amino-alcohol motifs (C(OH)–C–C–N with tert-alkyl or cyclic N) is 1. The van der Waals surface area contributed by atoms with Gasteiger partial charge >= 0.3 is 0 Å². The summed E-state index contributed by atoms with van der Waals surface area (Å²) in [7, 11) is 0. The van der Waals surface area contributed by atoms with E-state index in [0.29, 0.717) is 19.7 Å². The first-order valence-electron chi connectivity index (χ1n) is 9.52. The standard InChI is InChI=1S/C20H30N2O3/c1-2-19-11-16(8-10-25-19)20(24)21-12-18(23)14-22-9-7-15-5-3-4-6-17(15)13-22/h3-6,16,18-19,23H,2,7-14H2,1H3,(H,21,24)/t16-,18-,19-/m1/s1. The Kier molecular flexibility index (Phi) is 6.45. The number of carbonyl (C=O) groups excluding carboxylic acids is 1. The summed E-state index contributed by atoms with van der Waals surface area (Å²) in [6.07, 6.45) is 3.21. The van der Waals surface area contributed by atoms with Gasteiger partial charge in [-0.15, -0.1) is 0 Å². The van der Waals surface area contributed by atoms with Crippen molar-refractivity contribution in [2.24, 2.45) is 5.92 Å². The first-order valence-corrected chi connectivity index (χ1v) is 9.52. The molecule has 1 saturated heterocycles. The van der Waals surface area contributed by atoms with Gasteiger partial charge in [-0.1, -0.05) is 31.2 Å². The molecule has 0 spiro atoms. The third-order valence-corrected chi connectivity index (χ3v) is 5.38. The quantitative estimate of drug-likeness (QED) is 0.823. The van der Waals surface area contributed by atoms with E-state index in [9.17, 15) is 9.90 Å². The number of rotatable bonds is 6. The van der Waals surface area contributed by atoms with E-state index in [1.807, 2.05) is 0 Å². The first kappa shape index (κ1) is 18.4. The van der Waals surface area contributed by atoms with Gasteiger partial charge in [0, 0.05) is 38.7 Å². The van der Waals surface area contributed by atoms with Crippen LogP contribution in [0.2, 0.25) is 0 Å². The number of aliphatic hydroxyl groups is 1. The van der Waals surface area contributed by atoms with Crippen molar-refractivity contribution in [1.82, 2.24) is 10.2 Å². The zero-order valence-corrected chi connectivity index (χ0v) is 15.1. The highest BCUT2D eigenvalue weighted by molar-refractivity contribution is 5.78. The zero-order chi connectivity index (χ0) is 17.6. The van der Waals surface area contributed by atoms with Crippen LogP contribution in [0.25, 0.3) is 0 Å². The molecule has 0 saturated carbocycles. The van der Waals surface area contributed by atoms with Gasteiger partial charge in [0.15, 0.2) is 0 Å². The first-order chi connectivity index (χ1) is 12.2. The molecular weight excluding hydrogens is 316 g/mol. The van der Waals surface area contributed by atoms with Crippen molar-refractivity contribution >= 4 is 5.91 Å². The molecule has 0 radical (unpaired) electrons. The molecule has 1 aromatic rings. The second kappa shape index (κ2) is 8.79. The van der Waals surface area contributed by atoms with Gasteiger partial charge in [0.05, 0.1) is 12.2 Å². The van der Waals surface area contributed by atoms with Gasteiger partial charge in [0.1, 0.15) is 0 Å². The highest BCUT2D eigenvalue weighted by atomic mass is 16.5. The molecule has 0 unspecified atom stereocenters. The predicted octanol–water partition coefficient (Wildman–Crippen LogP) is 1.73. The lowest BCUT2D eigenvalue weighted by Crippen LogP contribution is -2.44. The summed E-state index contributed by atoms with van der Waals surface area (Å²) in [5.74, 6) is 0.0811. The van der Waals surface area contributed by atoms with Gasteiger partial charge in [0.25, 0.3) is 0 Å².